The first-order chi connectivity index (χ1) is 10.2. The van der Waals surface area contributed by atoms with Gasteiger partial charge in [0.15, 0.2) is 0 Å². The molecule has 1 N–H and O–H groups in total. The standard InChI is InChI=1S/C16H24N2O3/c1-13(2)15-18(8-10-20-15)9-11-21-16(19)17-12-14-6-4-3-5-7-14/h3-7,13,15H,8-12H2,1-2H3,(H,17,19). The smallest absolute Gasteiger partial charge is 0.407 e. The van der Waals surface area contributed by atoms with E-state index in [2.05, 4.69) is 24.1 Å². The number of rotatable bonds is 6. The van der Waals surface area contributed by atoms with Gasteiger partial charge in [-0.25, -0.2) is 4.79 Å². The number of nitrogens with one attached hydrogen (secondary N) is 1. The molecular formula is C16H24N2O3. The first kappa shape index (κ1) is 15.8. The highest BCUT2D eigenvalue weighted by Crippen LogP contribution is 2.17. The second-order valence-electron chi connectivity index (χ2n) is 5.52. The molecule has 0 bridgehead atoms. The average molecular weight is 292 g/mol. The van der Waals surface area contributed by atoms with Crippen molar-refractivity contribution in [2.75, 3.05) is 26.3 Å². The molecule has 2 rings (SSSR count). The van der Waals surface area contributed by atoms with Crippen LogP contribution in [0, 0.1) is 5.92 Å². The lowest BCUT2D eigenvalue weighted by molar-refractivity contribution is -0.00852. The zero-order valence-corrected chi connectivity index (χ0v) is 12.7. The van der Waals surface area contributed by atoms with Gasteiger partial charge in [0.1, 0.15) is 12.8 Å². The second-order valence-corrected chi connectivity index (χ2v) is 5.52. The monoisotopic (exact) mass is 292 g/mol. The van der Waals surface area contributed by atoms with Crippen molar-refractivity contribution in [2.24, 2.45) is 5.92 Å². The molecule has 1 atom stereocenters. The molecule has 1 unspecified atom stereocenters. The number of ether oxygens (including phenoxy) is 2. The molecule has 1 heterocycles. The van der Waals surface area contributed by atoms with Crippen molar-refractivity contribution >= 4 is 6.09 Å². The summed E-state index contributed by atoms with van der Waals surface area (Å²) in [6.45, 7) is 7.50. The fourth-order valence-corrected chi connectivity index (χ4v) is 2.45. The van der Waals surface area contributed by atoms with Crippen LogP contribution in [-0.4, -0.2) is 43.5 Å². The molecule has 0 saturated carbocycles. The van der Waals surface area contributed by atoms with Gasteiger partial charge in [0.05, 0.1) is 6.61 Å². The molecule has 0 aromatic heterocycles. The van der Waals surface area contributed by atoms with Crippen LogP contribution in [0.4, 0.5) is 4.79 Å². The van der Waals surface area contributed by atoms with Gasteiger partial charge in [-0.3, -0.25) is 4.90 Å². The Morgan fingerprint density at radius 2 is 2.19 bits per heavy atom. The van der Waals surface area contributed by atoms with Crippen molar-refractivity contribution in [3.8, 4) is 0 Å². The van der Waals surface area contributed by atoms with E-state index in [4.69, 9.17) is 9.47 Å². The van der Waals surface area contributed by atoms with E-state index in [1.165, 1.54) is 0 Å². The number of hydrogen-bond acceptors (Lipinski definition) is 4. The van der Waals surface area contributed by atoms with E-state index in [0.717, 1.165) is 18.7 Å². The Kier molecular flexibility index (Phi) is 6.02. The van der Waals surface area contributed by atoms with Gasteiger partial charge in [0.25, 0.3) is 0 Å². The lowest BCUT2D eigenvalue weighted by atomic mass is 10.2. The SMILES string of the molecule is CC(C)C1OCCN1CCOC(=O)NCc1ccccc1. The first-order valence-electron chi connectivity index (χ1n) is 7.47. The van der Waals surface area contributed by atoms with Crippen LogP contribution in [0.15, 0.2) is 30.3 Å². The molecule has 116 valence electrons. The van der Waals surface area contributed by atoms with E-state index in [0.29, 0.717) is 25.6 Å². The fraction of sp³-hybridized carbons (Fsp3) is 0.562. The van der Waals surface area contributed by atoms with Gasteiger partial charge >= 0.3 is 6.09 Å². The summed E-state index contributed by atoms with van der Waals surface area (Å²) in [5.74, 6) is 0.444. The Hall–Kier alpha value is -1.59. The molecule has 0 spiro atoms. The van der Waals surface area contributed by atoms with Gasteiger partial charge in [-0.15, -0.1) is 0 Å². The summed E-state index contributed by atoms with van der Waals surface area (Å²) in [5.41, 5.74) is 1.06. The summed E-state index contributed by atoms with van der Waals surface area (Å²) in [4.78, 5) is 13.8. The maximum Gasteiger partial charge on any atom is 0.407 e. The molecule has 5 heteroatoms. The van der Waals surface area contributed by atoms with Gasteiger partial charge in [-0.1, -0.05) is 44.2 Å². The molecule has 1 aliphatic rings. The third-order valence-corrected chi connectivity index (χ3v) is 3.49. The fourth-order valence-electron chi connectivity index (χ4n) is 2.45. The van der Waals surface area contributed by atoms with E-state index in [1.807, 2.05) is 30.3 Å². The Balaban J connectivity index is 1.63. The third kappa shape index (κ3) is 5.02. The predicted molar refractivity (Wildman–Crippen MR) is 80.8 cm³/mol. The van der Waals surface area contributed by atoms with E-state index >= 15 is 0 Å². The summed E-state index contributed by atoms with van der Waals surface area (Å²) in [7, 11) is 0. The highest BCUT2D eigenvalue weighted by atomic mass is 16.6. The number of nitrogens with zero attached hydrogens (tertiary/aromatic N) is 1. The topological polar surface area (TPSA) is 50.8 Å². The van der Waals surface area contributed by atoms with E-state index in [1.54, 1.807) is 0 Å². The summed E-state index contributed by atoms with van der Waals surface area (Å²) in [6, 6.07) is 9.78. The molecule has 1 saturated heterocycles. The second kappa shape index (κ2) is 8.00. The molecule has 1 aromatic rings. The van der Waals surface area contributed by atoms with Crippen molar-refractivity contribution in [1.82, 2.24) is 10.2 Å². The average Bonchev–Trinajstić information content (AvgIpc) is 2.95. The number of benzene rings is 1. The van der Waals surface area contributed by atoms with Crippen LogP contribution in [-0.2, 0) is 16.0 Å². The molecule has 1 amide bonds. The van der Waals surface area contributed by atoms with Crippen LogP contribution in [0.3, 0.4) is 0 Å². The van der Waals surface area contributed by atoms with Crippen molar-refractivity contribution < 1.29 is 14.3 Å². The zero-order valence-electron chi connectivity index (χ0n) is 12.7. The van der Waals surface area contributed by atoms with Crippen LogP contribution in [0.1, 0.15) is 19.4 Å². The summed E-state index contributed by atoms with van der Waals surface area (Å²) in [5, 5.41) is 2.75. The minimum atomic E-state index is -0.375. The molecule has 1 aromatic carbocycles. The van der Waals surface area contributed by atoms with Crippen LogP contribution < -0.4 is 5.32 Å². The Bertz CT molecular complexity index is 436. The van der Waals surface area contributed by atoms with E-state index < -0.39 is 0 Å². The molecule has 21 heavy (non-hydrogen) atoms. The highest BCUT2D eigenvalue weighted by Gasteiger charge is 2.27. The van der Waals surface area contributed by atoms with Gasteiger partial charge < -0.3 is 14.8 Å². The van der Waals surface area contributed by atoms with Crippen molar-refractivity contribution in [3.63, 3.8) is 0 Å². The van der Waals surface area contributed by atoms with Crippen LogP contribution in [0.25, 0.3) is 0 Å². The maximum absolute atomic E-state index is 11.6. The number of alkyl carbamates (subject to hydrolysis) is 1. The van der Waals surface area contributed by atoms with Crippen molar-refractivity contribution in [2.45, 2.75) is 26.6 Å². The highest BCUT2D eigenvalue weighted by molar-refractivity contribution is 5.67. The summed E-state index contributed by atoms with van der Waals surface area (Å²) >= 11 is 0. The molecule has 1 aliphatic heterocycles. The molecule has 1 fully saturated rings. The predicted octanol–water partition coefficient (Wildman–Crippen LogP) is 2.23. The molecule has 0 aliphatic carbocycles. The van der Waals surface area contributed by atoms with Crippen LogP contribution >= 0.6 is 0 Å². The van der Waals surface area contributed by atoms with Crippen LogP contribution in [0.2, 0.25) is 0 Å². The minimum Gasteiger partial charge on any atom is -0.448 e. The summed E-state index contributed by atoms with van der Waals surface area (Å²) in [6.07, 6.45) is -0.235. The molecule has 0 radical (unpaired) electrons. The van der Waals surface area contributed by atoms with Gasteiger partial charge in [0, 0.05) is 19.6 Å². The maximum atomic E-state index is 11.6. The number of amides is 1. The molecule has 5 nitrogen and oxygen atoms in total. The van der Waals surface area contributed by atoms with Gasteiger partial charge in [-0.2, -0.15) is 0 Å². The van der Waals surface area contributed by atoms with Gasteiger partial charge in [0.2, 0.25) is 0 Å². The lowest BCUT2D eigenvalue weighted by Gasteiger charge is -2.25. The zero-order chi connectivity index (χ0) is 15.1. The third-order valence-electron chi connectivity index (χ3n) is 3.49. The molecular weight excluding hydrogens is 268 g/mol. The number of carbonyl (C=O) groups is 1. The van der Waals surface area contributed by atoms with Crippen molar-refractivity contribution in [1.29, 1.82) is 0 Å². The minimum absolute atomic E-state index is 0.140. The largest absolute Gasteiger partial charge is 0.448 e. The lowest BCUT2D eigenvalue weighted by Crippen LogP contribution is -2.37. The number of hydrogen-bond donors (Lipinski definition) is 1. The van der Waals surface area contributed by atoms with Crippen molar-refractivity contribution in [3.05, 3.63) is 35.9 Å². The van der Waals surface area contributed by atoms with Crippen LogP contribution in [0.5, 0.6) is 0 Å². The quantitative estimate of drug-likeness (QED) is 0.873. The summed E-state index contributed by atoms with van der Waals surface area (Å²) < 4.78 is 10.9. The normalized spacial score (nSPS) is 18.9. The van der Waals surface area contributed by atoms with E-state index in [9.17, 15) is 4.79 Å². The van der Waals surface area contributed by atoms with Gasteiger partial charge in [-0.05, 0) is 11.5 Å². The Labute approximate surface area is 126 Å². The van der Waals surface area contributed by atoms with E-state index in [-0.39, 0.29) is 12.3 Å². The number of carbonyl (C=O) groups excluding carboxylic acids is 1. The first-order valence-corrected chi connectivity index (χ1v) is 7.47. The Morgan fingerprint density at radius 3 is 2.90 bits per heavy atom. The Morgan fingerprint density at radius 1 is 1.43 bits per heavy atom.